The number of sulfonamides is 1. The lowest BCUT2D eigenvalue weighted by Gasteiger charge is -2.25. The number of alkyl halides is 1. The summed E-state index contributed by atoms with van der Waals surface area (Å²) >= 11 is 14.5. The molecule has 0 aromatic heterocycles. The minimum Gasteiger partial charge on any atom is -0.207 e. The number of nitrogens with zero attached hydrogens (tertiary/aromatic N) is 1. The quantitative estimate of drug-likeness (QED) is 0.562. The molecule has 1 aromatic carbocycles. The summed E-state index contributed by atoms with van der Waals surface area (Å²) in [4.78, 5) is -0.272. The Hall–Kier alpha value is 0.120. The highest BCUT2D eigenvalue weighted by Gasteiger charge is 2.30. The van der Waals surface area contributed by atoms with Crippen LogP contribution < -0.4 is 0 Å². The average Bonchev–Trinajstić information content (AvgIpc) is 2.32. The standard InChI is InChI=1S/C11H13BrCl2FNO2S/c1-7(2)16(6-5-12)19(17,18)9-4-3-8(13)11(15)10(9)14/h3-4,7H,5-6H2,1-2H3. The van der Waals surface area contributed by atoms with Gasteiger partial charge in [0.2, 0.25) is 10.0 Å². The van der Waals surface area contributed by atoms with E-state index >= 15 is 0 Å². The van der Waals surface area contributed by atoms with Gasteiger partial charge in [0.25, 0.3) is 0 Å². The molecule has 0 heterocycles. The van der Waals surface area contributed by atoms with E-state index in [9.17, 15) is 12.8 Å². The van der Waals surface area contributed by atoms with Gasteiger partial charge in [-0.25, -0.2) is 12.8 Å². The van der Waals surface area contributed by atoms with E-state index in [-0.39, 0.29) is 22.5 Å². The van der Waals surface area contributed by atoms with Gasteiger partial charge in [0.1, 0.15) is 4.90 Å². The summed E-state index contributed by atoms with van der Waals surface area (Å²) < 4.78 is 39.8. The van der Waals surface area contributed by atoms with Crippen molar-refractivity contribution in [3.8, 4) is 0 Å². The van der Waals surface area contributed by atoms with Crippen LogP contribution in [-0.2, 0) is 10.0 Å². The van der Waals surface area contributed by atoms with Crippen LogP contribution in [0.15, 0.2) is 17.0 Å². The fraction of sp³-hybridized carbons (Fsp3) is 0.455. The average molecular weight is 393 g/mol. The molecule has 0 saturated heterocycles. The zero-order valence-corrected chi connectivity index (χ0v) is 14.2. The molecule has 0 radical (unpaired) electrons. The molecule has 0 N–H and O–H groups in total. The fourth-order valence-corrected chi connectivity index (χ4v) is 4.55. The Kier molecular flexibility index (Phi) is 6.07. The van der Waals surface area contributed by atoms with E-state index in [2.05, 4.69) is 15.9 Å². The third-order valence-electron chi connectivity index (χ3n) is 2.47. The summed E-state index contributed by atoms with van der Waals surface area (Å²) in [5, 5.41) is -0.216. The molecular weight excluding hydrogens is 380 g/mol. The molecular formula is C11H13BrCl2FNO2S. The van der Waals surface area contributed by atoms with Crippen LogP contribution in [0.2, 0.25) is 10.0 Å². The molecule has 1 rings (SSSR count). The summed E-state index contributed by atoms with van der Waals surface area (Å²) in [6.07, 6.45) is 0. The van der Waals surface area contributed by atoms with E-state index in [0.717, 1.165) is 0 Å². The maximum atomic E-state index is 13.6. The molecule has 0 atom stereocenters. The van der Waals surface area contributed by atoms with Crippen LogP contribution >= 0.6 is 39.1 Å². The largest absolute Gasteiger partial charge is 0.244 e. The van der Waals surface area contributed by atoms with Crippen LogP contribution in [0.4, 0.5) is 4.39 Å². The molecule has 0 aliphatic rings. The number of hydrogen-bond donors (Lipinski definition) is 0. The first kappa shape index (κ1) is 17.2. The lowest BCUT2D eigenvalue weighted by Crippen LogP contribution is -2.38. The van der Waals surface area contributed by atoms with Gasteiger partial charge in [-0.2, -0.15) is 4.31 Å². The Morgan fingerprint density at radius 2 is 1.95 bits per heavy atom. The van der Waals surface area contributed by atoms with Crippen molar-refractivity contribution >= 4 is 49.2 Å². The summed E-state index contributed by atoms with van der Waals surface area (Å²) in [6.45, 7) is 3.74. The first-order chi connectivity index (χ1) is 8.73. The summed E-state index contributed by atoms with van der Waals surface area (Å²) in [6, 6.07) is 2.13. The van der Waals surface area contributed by atoms with Crippen LogP contribution in [0.5, 0.6) is 0 Å². The van der Waals surface area contributed by atoms with E-state index < -0.39 is 20.9 Å². The van der Waals surface area contributed by atoms with Gasteiger partial charge in [0.05, 0.1) is 10.0 Å². The molecule has 0 unspecified atom stereocenters. The highest BCUT2D eigenvalue weighted by Crippen LogP contribution is 2.31. The Labute approximate surface area is 130 Å². The second-order valence-electron chi connectivity index (χ2n) is 4.07. The Morgan fingerprint density at radius 1 is 1.37 bits per heavy atom. The zero-order chi connectivity index (χ0) is 14.8. The minimum atomic E-state index is -3.86. The van der Waals surface area contributed by atoms with E-state index in [4.69, 9.17) is 23.2 Å². The maximum absolute atomic E-state index is 13.6. The zero-order valence-electron chi connectivity index (χ0n) is 10.3. The number of rotatable bonds is 5. The molecule has 1 aromatic rings. The SMILES string of the molecule is CC(C)N(CCBr)S(=O)(=O)c1ccc(Cl)c(F)c1Cl. The van der Waals surface area contributed by atoms with Crippen molar-refractivity contribution in [2.45, 2.75) is 24.8 Å². The number of benzene rings is 1. The first-order valence-corrected chi connectivity index (χ1v) is 8.76. The molecule has 0 amide bonds. The van der Waals surface area contributed by atoms with Gasteiger partial charge in [-0.1, -0.05) is 39.1 Å². The van der Waals surface area contributed by atoms with Gasteiger partial charge in [0.15, 0.2) is 5.82 Å². The van der Waals surface area contributed by atoms with Crippen LogP contribution in [-0.4, -0.2) is 30.6 Å². The lowest BCUT2D eigenvalue weighted by atomic mass is 10.3. The van der Waals surface area contributed by atoms with Gasteiger partial charge in [0, 0.05) is 17.9 Å². The van der Waals surface area contributed by atoms with Crippen molar-refractivity contribution in [2.75, 3.05) is 11.9 Å². The highest BCUT2D eigenvalue weighted by atomic mass is 79.9. The van der Waals surface area contributed by atoms with Crippen LogP contribution in [0.25, 0.3) is 0 Å². The van der Waals surface area contributed by atoms with Crippen molar-refractivity contribution in [2.24, 2.45) is 0 Å². The van der Waals surface area contributed by atoms with E-state index in [1.165, 1.54) is 16.4 Å². The van der Waals surface area contributed by atoms with Gasteiger partial charge in [-0.05, 0) is 26.0 Å². The molecule has 0 bridgehead atoms. The molecule has 0 spiro atoms. The second kappa shape index (κ2) is 6.72. The van der Waals surface area contributed by atoms with Crippen molar-refractivity contribution in [3.63, 3.8) is 0 Å². The van der Waals surface area contributed by atoms with Gasteiger partial charge < -0.3 is 0 Å². The maximum Gasteiger partial charge on any atom is 0.244 e. The molecule has 8 heteroatoms. The van der Waals surface area contributed by atoms with Gasteiger partial charge in [-0.3, -0.25) is 0 Å². The van der Waals surface area contributed by atoms with E-state index in [1.807, 2.05) is 0 Å². The summed E-state index contributed by atoms with van der Waals surface area (Å²) in [7, 11) is -3.86. The van der Waals surface area contributed by atoms with Crippen LogP contribution in [0.3, 0.4) is 0 Å². The monoisotopic (exact) mass is 391 g/mol. The second-order valence-corrected chi connectivity index (χ2v) is 7.51. The molecule has 19 heavy (non-hydrogen) atoms. The molecule has 0 fully saturated rings. The third-order valence-corrected chi connectivity index (χ3v) is 5.71. The minimum absolute atomic E-state index is 0.208. The normalized spacial score (nSPS) is 12.4. The van der Waals surface area contributed by atoms with E-state index in [0.29, 0.717) is 5.33 Å². The molecule has 0 saturated carbocycles. The van der Waals surface area contributed by atoms with E-state index in [1.54, 1.807) is 13.8 Å². The predicted molar refractivity (Wildman–Crippen MR) is 79.2 cm³/mol. The molecule has 108 valence electrons. The molecule has 0 aliphatic heterocycles. The topological polar surface area (TPSA) is 37.4 Å². The number of halogens is 4. The van der Waals surface area contributed by atoms with Crippen molar-refractivity contribution in [3.05, 3.63) is 28.0 Å². The molecule has 0 aliphatic carbocycles. The van der Waals surface area contributed by atoms with Gasteiger partial charge >= 0.3 is 0 Å². The predicted octanol–water partition coefficient (Wildman–Crippen LogP) is 3.93. The van der Waals surface area contributed by atoms with Crippen LogP contribution in [0, 0.1) is 5.82 Å². The first-order valence-electron chi connectivity index (χ1n) is 5.44. The van der Waals surface area contributed by atoms with Crippen molar-refractivity contribution in [1.29, 1.82) is 0 Å². The summed E-state index contributed by atoms with van der Waals surface area (Å²) in [5.74, 6) is -0.924. The smallest absolute Gasteiger partial charge is 0.207 e. The Bertz CT molecular complexity index is 566. The molecule has 3 nitrogen and oxygen atoms in total. The highest BCUT2D eigenvalue weighted by molar-refractivity contribution is 9.09. The van der Waals surface area contributed by atoms with Crippen molar-refractivity contribution < 1.29 is 12.8 Å². The third kappa shape index (κ3) is 3.61. The lowest BCUT2D eigenvalue weighted by molar-refractivity contribution is 0.372. The Balaban J connectivity index is 3.38. The number of hydrogen-bond acceptors (Lipinski definition) is 2. The van der Waals surface area contributed by atoms with Crippen LogP contribution in [0.1, 0.15) is 13.8 Å². The fourth-order valence-electron chi connectivity index (χ4n) is 1.57. The van der Waals surface area contributed by atoms with Gasteiger partial charge in [-0.15, -0.1) is 0 Å². The van der Waals surface area contributed by atoms with Crippen molar-refractivity contribution in [1.82, 2.24) is 4.31 Å². The Morgan fingerprint density at radius 3 is 2.42 bits per heavy atom. The summed E-state index contributed by atoms with van der Waals surface area (Å²) in [5.41, 5.74) is 0.